The molecule has 21 heavy (non-hydrogen) atoms. The van der Waals surface area contributed by atoms with E-state index in [2.05, 4.69) is 0 Å². The summed E-state index contributed by atoms with van der Waals surface area (Å²) < 4.78 is 65.3. The number of hydrogen-bond acceptors (Lipinski definition) is 1. The van der Waals surface area contributed by atoms with Gasteiger partial charge >= 0.3 is 6.18 Å². The summed E-state index contributed by atoms with van der Waals surface area (Å²) in [6.07, 6.45) is -4.55. The van der Waals surface area contributed by atoms with E-state index in [1.54, 1.807) is 0 Å². The second-order valence-electron chi connectivity index (χ2n) is 4.51. The Bertz CT molecular complexity index is 718. The van der Waals surface area contributed by atoms with Crippen molar-refractivity contribution in [1.29, 1.82) is 5.26 Å². The van der Waals surface area contributed by atoms with Crippen molar-refractivity contribution in [3.05, 3.63) is 58.7 Å². The van der Waals surface area contributed by atoms with E-state index in [1.807, 2.05) is 0 Å². The molecule has 0 saturated carbocycles. The van der Waals surface area contributed by atoms with E-state index in [-0.39, 0.29) is 11.1 Å². The van der Waals surface area contributed by atoms with E-state index >= 15 is 0 Å². The lowest BCUT2D eigenvalue weighted by atomic mass is 9.98. The first-order chi connectivity index (χ1) is 9.72. The van der Waals surface area contributed by atoms with Crippen LogP contribution in [0, 0.1) is 29.9 Å². The molecule has 0 aliphatic carbocycles. The molecule has 0 atom stereocenters. The van der Waals surface area contributed by atoms with Crippen LogP contribution in [0.4, 0.5) is 22.0 Å². The van der Waals surface area contributed by atoms with Crippen molar-refractivity contribution in [2.45, 2.75) is 13.1 Å². The molecule has 108 valence electrons. The minimum Gasteiger partial charge on any atom is -0.205 e. The summed E-state index contributed by atoms with van der Waals surface area (Å²) in [5.41, 5.74) is -1.38. The zero-order valence-electron chi connectivity index (χ0n) is 10.7. The highest BCUT2D eigenvalue weighted by atomic mass is 19.4. The van der Waals surface area contributed by atoms with Gasteiger partial charge in [0.1, 0.15) is 23.3 Å². The third-order valence-electron chi connectivity index (χ3n) is 2.89. The maximum absolute atomic E-state index is 13.5. The molecular weight excluding hydrogens is 289 g/mol. The van der Waals surface area contributed by atoms with Crippen LogP contribution in [0.2, 0.25) is 0 Å². The molecule has 0 heterocycles. The van der Waals surface area contributed by atoms with Crippen molar-refractivity contribution in [1.82, 2.24) is 0 Å². The number of nitrogens with zero attached hydrogens (tertiary/aromatic N) is 1. The summed E-state index contributed by atoms with van der Waals surface area (Å²) in [7, 11) is 0. The van der Waals surface area contributed by atoms with Gasteiger partial charge in [0.15, 0.2) is 0 Å². The van der Waals surface area contributed by atoms with Crippen LogP contribution in [0.3, 0.4) is 0 Å². The van der Waals surface area contributed by atoms with Crippen LogP contribution in [0.15, 0.2) is 30.3 Å². The van der Waals surface area contributed by atoms with Gasteiger partial charge in [-0.2, -0.15) is 18.4 Å². The van der Waals surface area contributed by atoms with E-state index in [0.29, 0.717) is 5.56 Å². The molecule has 0 aliphatic heterocycles. The van der Waals surface area contributed by atoms with Crippen LogP contribution in [-0.2, 0) is 6.18 Å². The Hall–Kier alpha value is -2.42. The first kappa shape index (κ1) is 15.0. The predicted octanol–water partition coefficient (Wildman–Crippen LogP) is 4.83. The fourth-order valence-electron chi connectivity index (χ4n) is 1.96. The molecule has 2 aromatic rings. The Morgan fingerprint density at radius 1 is 0.905 bits per heavy atom. The molecule has 0 amide bonds. The third-order valence-corrected chi connectivity index (χ3v) is 2.89. The summed E-state index contributed by atoms with van der Waals surface area (Å²) in [6, 6.07) is 6.19. The largest absolute Gasteiger partial charge is 0.416 e. The topological polar surface area (TPSA) is 23.8 Å². The fourth-order valence-corrected chi connectivity index (χ4v) is 1.96. The van der Waals surface area contributed by atoms with Gasteiger partial charge in [0.25, 0.3) is 0 Å². The number of hydrogen-bond donors (Lipinski definition) is 0. The van der Waals surface area contributed by atoms with Crippen molar-refractivity contribution < 1.29 is 22.0 Å². The van der Waals surface area contributed by atoms with Crippen LogP contribution >= 0.6 is 0 Å². The Morgan fingerprint density at radius 2 is 1.43 bits per heavy atom. The van der Waals surface area contributed by atoms with Crippen LogP contribution in [0.5, 0.6) is 0 Å². The molecule has 0 bridgehead atoms. The standard InChI is InChI=1S/C15H8F5N/c1-8-2-9(4-11(3-8)15(18,19)20)10-5-13(16)12(7-21)14(17)6-10/h2-6H,1H3. The maximum Gasteiger partial charge on any atom is 0.416 e. The molecule has 0 aliphatic rings. The highest BCUT2D eigenvalue weighted by Gasteiger charge is 2.31. The molecule has 0 fully saturated rings. The van der Waals surface area contributed by atoms with E-state index in [9.17, 15) is 22.0 Å². The molecule has 1 nitrogen and oxygen atoms in total. The minimum absolute atomic E-state index is 0.0321. The molecule has 0 radical (unpaired) electrons. The van der Waals surface area contributed by atoms with Crippen molar-refractivity contribution >= 4 is 0 Å². The van der Waals surface area contributed by atoms with Crippen molar-refractivity contribution in [3.63, 3.8) is 0 Å². The average molecular weight is 297 g/mol. The Balaban J connectivity index is 2.63. The zero-order chi connectivity index (χ0) is 15.8. The van der Waals surface area contributed by atoms with Gasteiger partial charge in [0, 0.05) is 0 Å². The lowest BCUT2D eigenvalue weighted by Crippen LogP contribution is -2.05. The highest BCUT2D eigenvalue weighted by molar-refractivity contribution is 5.66. The number of alkyl halides is 3. The zero-order valence-corrected chi connectivity index (χ0v) is 10.7. The second kappa shape index (κ2) is 5.17. The molecular formula is C15H8F5N. The Labute approximate surface area is 117 Å². The summed E-state index contributed by atoms with van der Waals surface area (Å²) in [5.74, 6) is -2.22. The highest BCUT2D eigenvalue weighted by Crippen LogP contribution is 2.34. The van der Waals surface area contributed by atoms with Crippen LogP contribution < -0.4 is 0 Å². The minimum atomic E-state index is -4.55. The van der Waals surface area contributed by atoms with Gasteiger partial charge in [-0.05, 0) is 47.9 Å². The SMILES string of the molecule is Cc1cc(-c2cc(F)c(C#N)c(F)c2)cc(C(F)(F)F)c1. The molecule has 0 N–H and O–H groups in total. The molecule has 0 unspecified atom stereocenters. The van der Waals surface area contributed by atoms with Crippen LogP contribution in [0.1, 0.15) is 16.7 Å². The van der Waals surface area contributed by atoms with Crippen LogP contribution in [0.25, 0.3) is 11.1 Å². The molecule has 2 rings (SSSR count). The predicted molar refractivity (Wildman–Crippen MR) is 66.2 cm³/mol. The number of nitriles is 1. The molecule has 2 aromatic carbocycles. The normalized spacial score (nSPS) is 11.3. The summed E-state index contributed by atoms with van der Waals surface area (Å²) in [6.45, 7) is 1.45. The molecule has 0 aromatic heterocycles. The Morgan fingerprint density at radius 3 is 1.90 bits per heavy atom. The molecule has 0 saturated heterocycles. The molecule has 0 spiro atoms. The van der Waals surface area contributed by atoms with Gasteiger partial charge in [-0.15, -0.1) is 0 Å². The van der Waals surface area contributed by atoms with Gasteiger partial charge in [0.05, 0.1) is 5.56 Å². The monoisotopic (exact) mass is 297 g/mol. The quantitative estimate of drug-likeness (QED) is 0.692. The average Bonchev–Trinajstić information content (AvgIpc) is 2.36. The molecule has 6 heteroatoms. The third kappa shape index (κ3) is 3.02. The summed E-state index contributed by atoms with van der Waals surface area (Å²) in [5, 5.41) is 8.58. The van der Waals surface area contributed by atoms with Crippen LogP contribution in [-0.4, -0.2) is 0 Å². The van der Waals surface area contributed by atoms with Crippen molar-refractivity contribution in [2.24, 2.45) is 0 Å². The van der Waals surface area contributed by atoms with Gasteiger partial charge < -0.3 is 0 Å². The van der Waals surface area contributed by atoms with Gasteiger partial charge in [0.2, 0.25) is 0 Å². The number of rotatable bonds is 1. The van der Waals surface area contributed by atoms with E-state index < -0.39 is 28.9 Å². The van der Waals surface area contributed by atoms with Crippen molar-refractivity contribution in [2.75, 3.05) is 0 Å². The number of benzene rings is 2. The van der Waals surface area contributed by atoms with Gasteiger partial charge in [-0.1, -0.05) is 6.07 Å². The van der Waals surface area contributed by atoms with Gasteiger partial charge in [-0.3, -0.25) is 0 Å². The van der Waals surface area contributed by atoms with E-state index in [0.717, 1.165) is 24.3 Å². The van der Waals surface area contributed by atoms with Gasteiger partial charge in [-0.25, -0.2) is 8.78 Å². The smallest absolute Gasteiger partial charge is 0.205 e. The Kier molecular flexibility index (Phi) is 3.69. The maximum atomic E-state index is 13.5. The lowest BCUT2D eigenvalue weighted by molar-refractivity contribution is -0.137. The number of aryl methyl sites for hydroxylation is 1. The van der Waals surface area contributed by atoms with Crippen molar-refractivity contribution in [3.8, 4) is 17.2 Å². The lowest BCUT2D eigenvalue weighted by Gasteiger charge is -2.11. The number of halogens is 5. The fraction of sp³-hybridized carbons (Fsp3) is 0.133. The van der Waals surface area contributed by atoms with E-state index in [1.165, 1.54) is 19.1 Å². The van der Waals surface area contributed by atoms with E-state index in [4.69, 9.17) is 5.26 Å². The second-order valence-corrected chi connectivity index (χ2v) is 4.51. The first-order valence-corrected chi connectivity index (χ1v) is 5.81. The summed E-state index contributed by atoms with van der Waals surface area (Å²) >= 11 is 0. The first-order valence-electron chi connectivity index (χ1n) is 5.81. The summed E-state index contributed by atoms with van der Waals surface area (Å²) in [4.78, 5) is 0.